The number of nitrogens with one attached hydrogen (secondary N) is 1. The molecule has 1 heterocycles. The Morgan fingerprint density at radius 2 is 1.86 bits per heavy atom. The van der Waals surface area contributed by atoms with Gasteiger partial charge in [0.2, 0.25) is 5.91 Å². The Morgan fingerprint density at radius 3 is 2.45 bits per heavy atom. The summed E-state index contributed by atoms with van der Waals surface area (Å²) < 4.78 is 39.2. The lowest BCUT2D eigenvalue weighted by atomic mass is 9.64. The van der Waals surface area contributed by atoms with Crippen molar-refractivity contribution in [1.29, 1.82) is 0 Å². The number of hydrogen-bond donors (Lipinski definition) is 1. The number of nitrogens with zero attached hydrogens (tertiary/aromatic N) is 1. The van der Waals surface area contributed by atoms with Gasteiger partial charge in [-0.25, -0.2) is 13.2 Å². The molecule has 3 aliphatic rings. The number of halogens is 3. The lowest BCUT2D eigenvalue weighted by Crippen LogP contribution is -2.58. The van der Waals surface area contributed by atoms with Crippen molar-refractivity contribution in [3.8, 4) is 0 Å². The van der Waals surface area contributed by atoms with Gasteiger partial charge in [0, 0.05) is 30.3 Å². The maximum atomic E-state index is 13.5. The van der Waals surface area contributed by atoms with Crippen LogP contribution in [-0.4, -0.2) is 30.4 Å². The molecule has 3 fully saturated rings. The third kappa shape index (κ3) is 4.62. The average molecular weight is 409 g/mol. The lowest BCUT2D eigenvalue weighted by molar-refractivity contribution is -0.123. The van der Waals surface area contributed by atoms with E-state index in [0.717, 1.165) is 57.0 Å². The molecule has 1 aromatic rings. The smallest absolute Gasteiger partial charge is 0.264 e. The summed E-state index contributed by atoms with van der Waals surface area (Å²) in [5, 5.41) is 2.65. The van der Waals surface area contributed by atoms with Gasteiger partial charge in [0.1, 0.15) is 5.82 Å². The van der Waals surface area contributed by atoms with Crippen molar-refractivity contribution in [2.45, 2.75) is 64.7 Å². The van der Waals surface area contributed by atoms with Crippen LogP contribution in [0.3, 0.4) is 0 Å². The van der Waals surface area contributed by atoms with Crippen molar-refractivity contribution in [1.82, 2.24) is 4.90 Å². The SMILES string of the molecule is CC1(CCN2CC3(CCC(C(=O)Nc4cc(F)cc(C(F)F)c4)CC3)C2)CCC1. The Bertz CT molecular complexity index is 746. The van der Waals surface area contributed by atoms with E-state index >= 15 is 0 Å². The first-order chi connectivity index (χ1) is 13.8. The van der Waals surface area contributed by atoms with Gasteiger partial charge in [0.25, 0.3) is 6.43 Å². The summed E-state index contributed by atoms with van der Waals surface area (Å²) >= 11 is 0. The van der Waals surface area contributed by atoms with Gasteiger partial charge >= 0.3 is 0 Å². The summed E-state index contributed by atoms with van der Waals surface area (Å²) in [6.45, 7) is 5.87. The maximum absolute atomic E-state index is 13.5. The van der Waals surface area contributed by atoms with Crippen molar-refractivity contribution in [3.63, 3.8) is 0 Å². The molecule has 1 amide bonds. The number of benzene rings is 1. The Morgan fingerprint density at radius 1 is 1.17 bits per heavy atom. The van der Waals surface area contributed by atoms with Gasteiger partial charge in [0.15, 0.2) is 0 Å². The number of carbonyl (C=O) groups excluding carboxylic acids is 1. The Kier molecular flexibility index (Phi) is 5.66. The number of carbonyl (C=O) groups is 1. The minimum atomic E-state index is -2.76. The third-order valence-electron chi connectivity index (χ3n) is 7.57. The van der Waals surface area contributed by atoms with E-state index in [2.05, 4.69) is 17.1 Å². The third-order valence-corrected chi connectivity index (χ3v) is 7.57. The topological polar surface area (TPSA) is 32.3 Å². The Hall–Kier alpha value is -1.56. The van der Waals surface area contributed by atoms with Gasteiger partial charge in [-0.2, -0.15) is 0 Å². The fourth-order valence-corrected chi connectivity index (χ4v) is 5.38. The molecule has 4 rings (SSSR count). The van der Waals surface area contributed by atoms with E-state index in [9.17, 15) is 18.0 Å². The van der Waals surface area contributed by atoms with Gasteiger partial charge in [-0.1, -0.05) is 13.3 Å². The Labute approximate surface area is 171 Å². The molecule has 2 aliphatic carbocycles. The molecule has 29 heavy (non-hydrogen) atoms. The number of amides is 1. The van der Waals surface area contributed by atoms with Crippen LogP contribution >= 0.6 is 0 Å². The highest BCUT2D eigenvalue weighted by Crippen LogP contribution is 2.48. The first-order valence-corrected chi connectivity index (χ1v) is 10.9. The van der Waals surface area contributed by atoms with Crippen molar-refractivity contribution in [2.24, 2.45) is 16.7 Å². The molecule has 1 saturated heterocycles. The van der Waals surface area contributed by atoms with Gasteiger partial charge in [-0.15, -0.1) is 0 Å². The molecule has 6 heteroatoms. The molecule has 160 valence electrons. The molecule has 3 nitrogen and oxygen atoms in total. The molecule has 1 N–H and O–H groups in total. The van der Waals surface area contributed by atoms with Crippen LogP contribution in [0.2, 0.25) is 0 Å². The summed E-state index contributed by atoms with van der Waals surface area (Å²) in [4.78, 5) is 15.1. The van der Waals surface area contributed by atoms with E-state index in [-0.39, 0.29) is 17.5 Å². The minimum absolute atomic E-state index is 0.116. The van der Waals surface area contributed by atoms with Crippen molar-refractivity contribution >= 4 is 11.6 Å². The summed E-state index contributed by atoms with van der Waals surface area (Å²) in [7, 11) is 0. The van der Waals surface area contributed by atoms with Crippen LogP contribution < -0.4 is 5.32 Å². The molecule has 0 unspecified atom stereocenters. The molecule has 2 saturated carbocycles. The summed E-state index contributed by atoms with van der Waals surface area (Å²) in [6.07, 6.45) is 6.34. The average Bonchev–Trinajstić information content (AvgIpc) is 2.63. The van der Waals surface area contributed by atoms with Crippen LogP contribution in [0.5, 0.6) is 0 Å². The van der Waals surface area contributed by atoms with E-state index in [1.54, 1.807) is 0 Å². The van der Waals surface area contributed by atoms with E-state index in [1.807, 2.05) is 0 Å². The van der Waals surface area contributed by atoms with E-state index < -0.39 is 17.8 Å². The first kappa shape index (κ1) is 20.7. The number of hydrogen-bond acceptors (Lipinski definition) is 2. The number of rotatable bonds is 6. The standard InChI is InChI=1S/C23H31F3N2O/c1-22(5-2-6-22)9-10-28-14-23(15-28)7-3-16(4-8-23)21(29)27-19-12-17(20(25)26)11-18(24)13-19/h11-13,16,20H,2-10,14-15H2,1H3,(H,27,29). The zero-order chi connectivity index (χ0) is 20.6. The maximum Gasteiger partial charge on any atom is 0.264 e. The second-order valence-corrected chi connectivity index (χ2v) is 9.96. The number of alkyl halides is 2. The van der Waals surface area contributed by atoms with E-state index in [0.29, 0.717) is 10.8 Å². The quantitative estimate of drug-likeness (QED) is 0.648. The van der Waals surface area contributed by atoms with Gasteiger partial charge in [-0.05, 0) is 80.5 Å². The highest BCUT2D eigenvalue weighted by atomic mass is 19.3. The van der Waals surface area contributed by atoms with Crippen molar-refractivity contribution in [2.75, 3.05) is 25.0 Å². The van der Waals surface area contributed by atoms with Crippen molar-refractivity contribution in [3.05, 3.63) is 29.6 Å². The summed E-state index contributed by atoms with van der Waals surface area (Å²) in [6, 6.07) is 3.06. The molecular formula is C23H31F3N2O. The van der Waals surface area contributed by atoms with Crippen LogP contribution in [-0.2, 0) is 4.79 Å². The van der Waals surface area contributed by atoms with Crippen LogP contribution in [0.1, 0.15) is 70.3 Å². The van der Waals surface area contributed by atoms with Crippen LogP contribution in [0, 0.1) is 22.6 Å². The molecule has 1 aliphatic heterocycles. The minimum Gasteiger partial charge on any atom is -0.326 e. The van der Waals surface area contributed by atoms with Crippen LogP contribution in [0.4, 0.5) is 18.9 Å². The monoisotopic (exact) mass is 408 g/mol. The van der Waals surface area contributed by atoms with E-state index in [1.165, 1.54) is 32.2 Å². The second kappa shape index (κ2) is 7.93. The van der Waals surface area contributed by atoms with Crippen molar-refractivity contribution < 1.29 is 18.0 Å². The van der Waals surface area contributed by atoms with Crippen LogP contribution in [0.25, 0.3) is 0 Å². The zero-order valence-corrected chi connectivity index (χ0v) is 17.2. The van der Waals surface area contributed by atoms with Gasteiger partial charge in [0.05, 0.1) is 0 Å². The van der Waals surface area contributed by atoms with Gasteiger partial charge in [-0.3, -0.25) is 4.79 Å². The predicted molar refractivity (Wildman–Crippen MR) is 107 cm³/mol. The fraction of sp³-hybridized carbons (Fsp3) is 0.696. The zero-order valence-electron chi connectivity index (χ0n) is 17.2. The molecule has 1 aromatic carbocycles. The molecule has 0 aromatic heterocycles. The summed E-state index contributed by atoms with van der Waals surface area (Å²) in [5.74, 6) is -1.06. The first-order valence-electron chi connectivity index (χ1n) is 10.9. The second-order valence-electron chi connectivity index (χ2n) is 9.96. The molecule has 0 radical (unpaired) electrons. The highest BCUT2D eigenvalue weighted by molar-refractivity contribution is 5.92. The normalized spacial score (nSPS) is 23.6. The molecular weight excluding hydrogens is 377 g/mol. The Balaban J connectivity index is 1.23. The summed E-state index contributed by atoms with van der Waals surface area (Å²) in [5.41, 5.74) is 0.636. The fourth-order valence-electron chi connectivity index (χ4n) is 5.38. The molecule has 1 spiro atoms. The van der Waals surface area contributed by atoms with Gasteiger partial charge < -0.3 is 10.2 Å². The highest BCUT2D eigenvalue weighted by Gasteiger charge is 2.46. The largest absolute Gasteiger partial charge is 0.326 e. The van der Waals surface area contributed by atoms with Crippen LogP contribution in [0.15, 0.2) is 18.2 Å². The van der Waals surface area contributed by atoms with E-state index in [4.69, 9.17) is 0 Å². The molecule has 0 atom stereocenters. The molecule has 0 bridgehead atoms. The lowest BCUT2D eigenvalue weighted by Gasteiger charge is -2.54. The predicted octanol–water partition coefficient (Wildman–Crippen LogP) is 5.77. The number of likely N-dealkylation sites (tertiary alicyclic amines) is 1. The number of anilines is 1.